The minimum atomic E-state index is -1.26. The van der Waals surface area contributed by atoms with Crippen LogP contribution >= 0.6 is 0 Å². The summed E-state index contributed by atoms with van der Waals surface area (Å²) in [6.45, 7) is 11.3. The van der Waals surface area contributed by atoms with Gasteiger partial charge in [0, 0.05) is 31.0 Å². The van der Waals surface area contributed by atoms with Crippen LogP contribution in [0.25, 0.3) is 0 Å². The molecule has 0 atom stereocenters. The van der Waals surface area contributed by atoms with Crippen LogP contribution in [0.15, 0.2) is 42.5 Å². The summed E-state index contributed by atoms with van der Waals surface area (Å²) >= 11 is 0. The third kappa shape index (κ3) is 5.56. The molecular weight excluding hydrogens is 369 g/mol. The van der Waals surface area contributed by atoms with E-state index in [4.69, 9.17) is 0 Å². The average molecular weight is 400 g/mol. The van der Waals surface area contributed by atoms with E-state index < -0.39 is 11.3 Å². The van der Waals surface area contributed by atoms with Crippen LogP contribution in [-0.4, -0.2) is 24.9 Å². The van der Waals surface area contributed by atoms with Crippen molar-refractivity contribution in [2.45, 2.75) is 41.2 Å². The Morgan fingerprint density at radius 1 is 1.00 bits per heavy atom. The number of amides is 2. The zero-order valence-corrected chi connectivity index (χ0v) is 17.8. The molecule has 29 heavy (non-hydrogen) atoms. The van der Waals surface area contributed by atoms with Gasteiger partial charge in [-0.2, -0.15) is 0 Å². The average Bonchev–Trinajstić information content (AvgIpc) is 2.70. The molecule has 2 aromatic rings. The number of rotatable bonds is 8. The van der Waals surface area contributed by atoms with Gasteiger partial charge in [0.1, 0.15) is 11.2 Å². The number of hydrogen-bond donors (Lipinski definition) is 2. The molecule has 0 heterocycles. The van der Waals surface area contributed by atoms with Gasteiger partial charge in [0.05, 0.1) is 0 Å². The van der Waals surface area contributed by atoms with Crippen molar-refractivity contribution in [3.63, 3.8) is 0 Å². The highest BCUT2D eigenvalue weighted by atomic mass is 19.1. The summed E-state index contributed by atoms with van der Waals surface area (Å²) in [6.07, 6.45) is 0. The van der Waals surface area contributed by atoms with Crippen molar-refractivity contribution in [2.75, 3.05) is 23.3 Å². The number of carbonyl (C=O) groups excluding carboxylic acids is 2. The molecule has 0 aliphatic heterocycles. The Hall–Kier alpha value is -2.89. The Morgan fingerprint density at radius 2 is 1.62 bits per heavy atom. The Labute approximate surface area is 172 Å². The molecular formula is C23H30FN3O2. The van der Waals surface area contributed by atoms with E-state index in [-0.39, 0.29) is 18.3 Å². The molecule has 0 unspecified atom stereocenters. The first-order valence-electron chi connectivity index (χ1n) is 9.88. The molecule has 0 aliphatic rings. The van der Waals surface area contributed by atoms with E-state index in [9.17, 15) is 14.0 Å². The fourth-order valence-electron chi connectivity index (χ4n) is 2.96. The second kappa shape index (κ2) is 9.54. The van der Waals surface area contributed by atoms with Crippen molar-refractivity contribution >= 4 is 23.2 Å². The Bertz CT molecular complexity index is 859. The largest absolute Gasteiger partial charge is 0.372 e. The molecule has 156 valence electrons. The summed E-state index contributed by atoms with van der Waals surface area (Å²) in [4.78, 5) is 27.6. The van der Waals surface area contributed by atoms with Gasteiger partial charge in [-0.3, -0.25) is 9.59 Å². The van der Waals surface area contributed by atoms with E-state index in [2.05, 4.69) is 29.4 Å². The summed E-state index contributed by atoms with van der Waals surface area (Å²) < 4.78 is 13.0. The third-order valence-corrected chi connectivity index (χ3v) is 5.09. The molecule has 0 aliphatic carbocycles. The van der Waals surface area contributed by atoms with Crippen LogP contribution in [0, 0.1) is 18.2 Å². The SMILES string of the molecule is CCN(CC)c1ccc(NC(=O)C(C)(C)C(=O)NCc2ccc(F)cc2)c(C)c1. The molecule has 2 N–H and O–H groups in total. The molecule has 0 saturated carbocycles. The van der Waals surface area contributed by atoms with E-state index >= 15 is 0 Å². The van der Waals surface area contributed by atoms with Crippen LogP contribution in [0.4, 0.5) is 15.8 Å². The Morgan fingerprint density at radius 3 is 2.17 bits per heavy atom. The summed E-state index contributed by atoms with van der Waals surface area (Å²) in [6, 6.07) is 11.7. The molecule has 5 nitrogen and oxygen atoms in total. The summed E-state index contributed by atoms with van der Waals surface area (Å²) in [5, 5.41) is 5.62. The van der Waals surface area contributed by atoms with Gasteiger partial charge in [0.25, 0.3) is 0 Å². The second-order valence-electron chi connectivity index (χ2n) is 7.56. The van der Waals surface area contributed by atoms with Gasteiger partial charge in [-0.05, 0) is 76.1 Å². The first kappa shape index (κ1) is 22.4. The molecule has 0 fully saturated rings. The maximum Gasteiger partial charge on any atom is 0.239 e. The molecule has 2 aromatic carbocycles. The fourth-order valence-corrected chi connectivity index (χ4v) is 2.96. The zero-order chi connectivity index (χ0) is 21.6. The normalized spacial score (nSPS) is 11.1. The van der Waals surface area contributed by atoms with Crippen LogP contribution in [0.1, 0.15) is 38.8 Å². The lowest BCUT2D eigenvalue weighted by Crippen LogP contribution is -2.45. The van der Waals surface area contributed by atoms with Crippen molar-refractivity contribution in [1.29, 1.82) is 0 Å². The van der Waals surface area contributed by atoms with E-state index in [1.807, 2.05) is 25.1 Å². The predicted molar refractivity (Wildman–Crippen MR) is 115 cm³/mol. The van der Waals surface area contributed by atoms with Gasteiger partial charge in [0.15, 0.2) is 0 Å². The molecule has 0 spiro atoms. The third-order valence-electron chi connectivity index (χ3n) is 5.09. The van der Waals surface area contributed by atoms with Crippen molar-refractivity contribution in [2.24, 2.45) is 5.41 Å². The number of nitrogens with zero attached hydrogens (tertiary/aromatic N) is 1. The van der Waals surface area contributed by atoms with Crippen LogP contribution in [-0.2, 0) is 16.1 Å². The number of nitrogens with one attached hydrogen (secondary N) is 2. The summed E-state index contributed by atoms with van der Waals surface area (Å²) in [5.74, 6) is -1.10. The zero-order valence-electron chi connectivity index (χ0n) is 17.8. The van der Waals surface area contributed by atoms with E-state index in [0.717, 1.165) is 29.9 Å². The lowest BCUT2D eigenvalue weighted by atomic mass is 9.90. The highest BCUT2D eigenvalue weighted by Crippen LogP contribution is 2.25. The van der Waals surface area contributed by atoms with Crippen molar-refractivity contribution < 1.29 is 14.0 Å². The quantitative estimate of drug-likeness (QED) is 0.652. The molecule has 2 amide bonds. The van der Waals surface area contributed by atoms with E-state index in [0.29, 0.717) is 5.69 Å². The maximum absolute atomic E-state index is 13.0. The van der Waals surface area contributed by atoms with Crippen LogP contribution in [0.5, 0.6) is 0 Å². The summed E-state index contributed by atoms with van der Waals surface area (Å²) in [7, 11) is 0. The van der Waals surface area contributed by atoms with Gasteiger partial charge in [-0.15, -0.1) is 0 Å². The number of anilines is 2. The molecule has 2 rings (SSSR count). The van der Waals surface area contributed by atoms with Crippen molar-refractivity contribution in [3.05, 3.63) is 59.4 Å². The van der Waals surface area contributed by atoms with Gasteiger partial charge < -0.3 is 15.5 Å². The Kier molecular flexibility index (Phi) is 7.37. The minimum Gasteiger partial charge on any atom is -0.372 e. The molecule has 6 heteroatoms. The summed E-state index contributed by atoms with van der Waals surface area (Å²) in [5.41, 5.74) is 2.22. The van der Waals surface area contributed by atoms with Crippen molar-refractivity contribution in [1.82, 2.24) is 5.32 Å². The lowest BCUT2D eigenvalue weighted by Gasteiger charge is -2.25. The predicted octanol–water partition coefficient (Wildman–Crippen LogP) is 4.26. The van der Waals surface area contributed by atoms with Gasteiger partial charge in [-0.1, -0.05) is 12.1 Å². The van der Waals surface area contributed by atoms with Gasteiger partial charge in [-0.25, -0.2) is 4.39 Å². The highest BCUT2D eigenvalue weighted by molar-refractivity contribution is 6.10. The standard InChI is InChI=1S/C23H30FN3O2/c1-6-27(7-2)19-12-13-20(16(3)14-19)26-22(29)23(4,5)21(28)25-15-17-8-10-18(24)11-9-17/h8-14H,6-7,15H2,1-5H3,(H,25,28)(H,26,29). The van der Waals surface area contributed by atoms with E-state index in [1.54, 1.807) is 26.0 Å². The van der Waals surface area contributed by atoms with Crippen LogP contribution in [0.2, 0.25) is 0 Å². The fraction of sp³-hybridized carbons (Fsp3) is 0.391. The van der Waals surface area contributed by atoms with Gasteiger partial charge >= 0.3 is 0 Å². The highest BCUT2D eigenvalue weighted by Gasteiger charge is 2.36. The van der Waals surface area contributed by atoms with Gasteiger partial charge in [0.2, 0.25) is 11.8 Å². The first-order chi connectivity index (χ1) is 13.7. The monoisotopic (exact) mass is 399 g/mol. The minimum absolute atomic E-state index is 0.230. The van der Waals surface area contributed by atoms with E-state index in [1.165, 1.54) is 12.1 Å². The molecule has 0 saturated heterocycles. The number of carbonyl (C=O) groups is 2. The number of benzene rings is 2. The van der Waals surface area contributed by atoms with Crippen LogP contribution < -0.4 is 15.5 Å². The number of aryl methyl sites for hydroxylation is 1. The molecule has 0 radical (unpaired) electrons. The number of hydrogen-bond acceptors (Lipinski definition) is 3. The second-order valence-corrected chi connectivity index (χ2v) is 7.56. The van der Waals surface area contributed by atoms with Crippen molar-refractivity contribution in [3.8, 4) is 0 Å². The van der Waals surface area contributed by atoms with Crippen LogP contribution in [0.3, 0.4) is 0 Å². The number of halogens is 1. The molecule has 0 aromatic heterocycles. The maximum atomic E-state index is 13.0. The first-order valence-corrected chi connectivity index (χ1v) is 9.88. The Balaban J connectivity index is 2.04. The molecule has 0 bridgehead atoms. The lowest BCUT2D eigenvalue weighted by molar-refractivity contribution is -0.138. The topological polar surface area (TPSA) is 61.4 Å². The smallest absolute Gasteiger partial charge is 0.239 e.